The third-order valence-corrected chi connectivity index (χ3v) is 6.18. The van der Waals surface area contributed by atoms with Crippen LogP contribution >= 0.6 is 0 Å². The standard InChI is InChI=1S/C18H19FN4O3/c19-13-3-11-14(24)12(17(25)26)8-23(18-4-9(5-18)6-18)15(11)21-16(13)22-2-1-10(20)7-22/h3,8-10H,1-2,4-7,20H2,(H,25,26)/t9?,10-,18?/m0/s1. The van der Waals surface area contributed by atoms with Gasteiger partial charge in [0.1, 0.15) is 11.2 Å². The zero-order valence-electron chi connectivity index (χ0n) is 14.1. The van der Waals surface area contributed by atoms with Crippen LogP contribution in [-0.2, 0) is 5.54 Å². The highest BCUT2D eigenvalue weighted by molar-refractivity contribution is 5.92. The lowest BCUT2D eigenvalue weighted by Gasteiger charge is -2.62. The summed E-state index contributed by atoms with van der Waals surface area (Å²) in [6.45, 7) is 1.13. The van der Waals surface area contributed by atoms with Crippen LogP contribution in [0.4, 0.5) is 10.2 Å². The third-order valence-electron chi connectivity index (χ3n) is 6.18. The fraction of sp³-hybridized carbons (Fsp3) is 0.500. The van der Waals surface area contributed by atoms with Crippen molar-refractivity contribution in [3.05, 3.63) is 33.9 Å². The van der Waals surface area contributed by atoms with Gasteiger partial charge in [-0.05, 0) is 37.7 Å². The average Bonchev–Trinajstić information content (AvgIpc) is 2.92. The first kappa shape index (κ1) is 15.7. The smallest absolute Gasteiger partial charge is 0.341 e. The van der Waals surface area contributed by atoms with Crippen LogP contribution in [0.3, 0.4) is 0 Å². The predicted molar refractivity (Wildman–Crippen MR) is 93.0 cm³/mol. The van der Waals surface area contributed by atoms with E-state index in [2.05, 4.69) is 4.98 Å². The number of halogens is 1. The highest BCUT2D eigenvalue weighted by Crippen LogP contribution is 2.62. The molecule has 0 aromatic carbocycles. The van der Waals surface area contributed by atoms with Gasteiger partial charge in [0, 0.05) is 30.9 Å². The Bertz CT molecular complexity index is 1000. The summed E-state index contributed by atoms with van der Waals surface area (Å²) in [4.78, 5) is 30.4. The van der Waals surface area contributed by atoms with Crippen LogP contribution < -0.4 is 16.1 Å². The summed E-state index contributed by atoms with van der Waals surface area (Å²) < 4.78 is 16.5. The minimum Gasteiger partial charge on any atom is -0.477 e. The number of hydrogen-bond donors (Lipinski definition) is 2. The quantitative estimate of drug-likeness (QED) is 0.857. The molecule has 2 aromatic rings. The molecule has 0 unspecified atom stereocenters. The molecule has 1 aliphatic heterocycles. The molecule has 7 nitrogen and oxygen atoms in total. The van der Waals surface area contributed by atoms with E-state index in [1.165, 1.54) is 6.20 Å². The van der Waals surface area contributed by atoms with E-state index < -0.39 is 17.2 Å². The lowest BCUT2D eigenvalue weighted by molar-refractivity contribution is -0.0864. The van der Waals surface area contributed by atoms with Gasteiger partial charge in [-0.2, -0.15) is 0 Å². The molecule has 3 heterocycles. The minimum absolute atomic E-state index is 0.0268. The Hall–Kier alpha value is -2.48. The van der Waals surface area contributed by atoms with Crippen molar-refractivity contribution in [1.82, 2.24) is 9.55 Å². The molecule has 3 saturated carbocycles. The predicted octanol–water partition coefficient (Wildman–Crippen LogP) is 1.28. The van der Waals surface area contributed by atoms with Crippen LogP contribution in [0.2, 0.25) is 0 Å². The van der Waals surface area contributed by atoms with Crippen molar-refractivity contribution >= 4 is 22.8 Å². The van der Waals surface area contributed by atoms with E-state index in [1.54, 1.807) is 4.90 Å². The highest BCUT2D eigenvalue weighted by Gasteiger charge is 2.58. The van der Waals surface area contributed by atoms with E-state index in [0.717, 1.165) is 31.7 Å². The highest BCUT2D eigenvalue weighted by atomic mass is 19.1. The molecule has 3 aliphatic carbocycles. The van der Waals surface area contributed by atoms with Gasteiger partial charge in [0.25, 0.3) is 0 Å². The number of fused-ring (bicyclic) bond motifs is 1. The van der Waals surface area contributed by atoms with Gasteiger partial charge < -0.3 is 20.3 Å². The summed E-state index contributed by atoms with van der Waals surface area (Å²) in [5.74, 6) is -1.06. The molecule has 4 aliphatic rings. The Morgan fingerprint density at radius 1 is 1.38 bits per heavy atom. The maximum atomic E-state index is 14.7. The molecule has 0 amide bonds. The minimum atomic E-state index is -1.30. The maximum Gasteiger partial charge on any atom is 0.341 e. The maximum absolute atomic E-state index is 14.7. The number of nitrogens with zero attached hydrogens (tertiary/aromatic N) is 3. The second-order valence-electron chi connectivity index (χ2n) is 7.91. The molecule has 8 heteroatoms. The first-order valence-corrected chi connectivity index (χ1v) is 8.88. The van der Waals surface area contributed by atoms with Gasteiger partial charge in [-0.3, -0.25) is 4.79 Å². The van der Waals surface area contributed by atoms with Crippen molar-refractivity contribution in [1.29, 1.82) is 0 Å². The monoisotopic (exact) mass is 358 g/mol. The Balaban J connectivity index is 1.76. The van der Waals surface area contributed by atoms with E-state index in [1.807, 2.05) is 4.57 Å². The van der Waals surface area contributed by atoms with Crippen LogP contribution in [0.15, 0.2) is 17.1 Å². The molecule has 3 N–H and O–H groups in total. The number of anilines is 1. The normalized spacial score (nSPS) is 29.5. The molecule has 0 radical (unpaired) electrons. The van der Waals surface area contributed by atoms with Crippen LogP contribution in [0.1, 0.15) is 36.0 Å². The summed E-state index contributed by atoms with van der Waals surface area (Å²) in [7, 11) is 0. The number of aromatic carboxylic acids is 1. The van der Waals surface area contributed by atoms with Crippen molar-refractivity contribution in [3.8, 4) is 0 Å². The zero-order valence-corrected chi connectivity index (χ0v) is 14.1. The fourth-order valence-corrected chi connectivity index (χ4v) is 4.66. The van der Waals surface area contributed by atoms with E-state index in [9.17, 15) is 19.1 Å². The number of carbonyl (C=O) groups is 1. The summed E-state index contributed by atoms with van der Waals surface area (Å²) in [6, 6.07) is 1.11. The zero-order chi connectivity index (χ0) is 18.2. The van der Waals surface area contributed by atoms with E-state index in [4.69, 9.17) is 5.73 Å². The summed E-state index contributed by atoms with van der Waals surface area (Å²) >= 11 is 0. The van der Waals surface area contributed by atoms with Crippen LogP contribution in [0.25, 0.3) is 11.0 Å². The molecule has 2 bridgehead atoms. The van der Waals surface area contributed by atoms with Crippen molar-refractivity contribution in [3.63, 3.8) is 0 Å². The molecule has 6 rings (SSSR count). The molecule has 136 valence electrons. The van der Waals surface area contributed by atoms with Gasteiger partial charge in [-0.1, -0.05) is 0 Å². The molecule has 4 fully saturated rings. The molecular weight excluding hydrogens is 339 g/mol. The summed E-state index contributed by atoms with van der Waals surface area (Å²) in [5, 5.41) is 9.42. The second-order valence-corrected chi connectivity index (χ2v) is 7.91. The van der Waals surface area contributed by atoms with Crippen LogP contribution in [-0.4, -0.2) is 39.8 Å². The number of pyridine rings is 2. The van der Waals surface area contributed by atoms with Crippen molar-refractivity contribution in [2.24, 2.45) is 11.7 Å². The average molecular weight is 358 g/mol. The van der Waals surface area contributed by atoms with Crippen LogP contribution in [0.5, 0.6) is 0 Å². The van der Waals surface area contributed by atoms with Crippen molar-refractivity contribution < 1.29 is 14.3 Å². The first-order valence-electron chi connectivity index (χ1n) is 8.88. The Morgan fingerprint density at radius 2 is 2.12 bits per heavy atom. The molecule has 0 spiro atoms. The number of hydrogen-bond acceptors (Lipinski definition) is 5. The Morgan fingerprint density at radius 3 is 2.65 bits per heavy atom. The topological polar surface area (TPSA) is 101 Å². The Kier molecular flexibility index (Phi) is 3.05. The number of carboxylic acid groups (broad SMARTS) is 1. The third kappa shape index (κ3) is 1.99. The van der Waals surface area contributed by atoms with Crippen molar-refractivity contribution in [2.75, 3.05) is 18.0 Å². The summed E-state index contributed by atoms with van der Waals surface area (Å²) in [5.41, 5.74) is 5.10. The van der Waals surface area contributed by atoms with Gasteiger partial charge in [0.05, 0.1) is 5.39 Å². The summed E-state index contributed by atoms with van der Waals surface area (Å²) in [6.07, 6.45) is 5.01. The molecule has 26 heavy (non-hydrogen) atoms. The Labute approximate surface area is 148 Å². The first-order chi connectivity index (χ1) is 12.4. The number of rotatable bonds is 3. The van der Waals surface area contributed by atoms with E-state index in [0.29, 0.717) is 24.7 Å². The number of carboxylic acids is 1. The van der Waals surface area contributed by atoms with Crippen LogP contribution in [0, 0.1) is 11.7 Å². The van der Waals surface area contributed by atoms with Gasteiger partial charge in [0.15, 0.2) is 11.6 Å². The SMILES string of the molecule is N[C@H]1CCN(c2nc3c(cc2F)c(=O)c(C(=O)O)cn3C23CC(C2)C3)C1. The van der Waals surface area contributed by atoms with Gasteiger partial charge >= 0.3 is 5.97 Å². The largest absolute Gasteiger partial charge is 0.477 e. The van der Waals surface area contributed by atoms with E-state index in [-0.39, 0.29) is 28.3 Å². The van der Waals surface area contributed by atoms with E-state index >= 15 is 0 Å². The van der Waals surface area contributed by atoms with Gasteiger partial charge in [-0.15, -0.1) is 0 Å². The van der Waals surface area contributed by atoms with Gasteiger partial charge in [-0.25, -0.2) is 14.2 Å². The number of aromatic nitrogens is 2. The van der Waals surface area contributed by atoms with Crippen molar-refractivity contribution in [2.45, 2.75) is 37.3 Å². The van der Waals surface area contributed by atoms with Gasteiger partial charge in [0.2, 0.25) is 5.43 Å². The molecule has 2 aromatic heterocycles. The molecular formula is C18H19FN4O3. The second kappa shape index (κ2) is 5.03. The molecule has 1 saturated heterocycles. The lowest BCUT2D eigenvalue weighted by atomic mass is 9.49. The number of nitrogens with two attached hydrogens (primary N) is 1. The fourth-order valence-electron chi connectivity index (χ4n) is 4.66. The molecule has 1 atom stereocenters. The lowest BCUT2D eigenvalue weighted by Crippen LogP contribution is -2.59.